The predicted octanol–water partition coefficient (Wildman–Crippen LogP) is 2.99. The van der Waals surface area contributed by atoms with Crippen LogP contribution in [0.2, 0.25) is 0 Å². The number of rotatable bonds is 3. The Morgan fingerprint density at radius 1 is 1.26 bits per heavy atom. The zero-order valence-corrected chi connectivity index (χ0v) is 14.2. The van der Waals surface area contributed by atoms with Crippen molar-refractivity contribution in [3.63, 3.8) is 0 Å². The van der Waals surface area contributed by atoms with Gasteiger partial charge in [-0.25, -0.2) is 0 Å². The van der Waals surface area contributed by atoms with Crippen LogP contribution in [0.1, 0.15) is 15.2 Å². The van der Waals surface area contributed by atoms with Crippen molar-refractivity contribution in [2.75, 3.05) is 7.11 Å². The number of carbonyl (C=O) groups excluding carboxylic acids is 2. The van der Waals surface area contributed by atoms with Gasteiger partial charge >= 0.3 is 5.97 Å². The highest BCUT2D eigenvalue weighted by atomic mass is 32.1. The van der Waals surface area contributed by atoms with E-state index in [0.29, 0.717) is 9.68 Å². The maximum atomic E-state index is 12.3. The van der Waals surface area contributed by atoms with Crippen LogP contribution in [0, 0.1) is 6.92 Å². The molecule has 0 saturated heterocycles. The van der Waals surface area contributed by atoms with E-state index in [2.05, 4.69) is 4.99 Å². The van der Waals surface area contributed by atoms with Crippen molar-refractivity contribution >= 4 is 44.8 Å². The SMILES string of the molecule is COC(=O)Cn1c(=NC(=O)c2cccs2)sc2cccc(C)c21. The van der Waals surface area contributed by atoms with E-state index in [9.17, 15) is 9.59 Å². The van der Waals surface area contributed by atoms with Gasteiger partial charge < -0.3 is 9.30 Å². The van der Waals surface area contributed by atoms with Crippen LogP contribution in [-0.4, -0.2) is 23.6 Å². The molecule has 0 aliphatic carbocycles. The minimum absolute atomic E-state index is 0.0257. The topological polar surface area (TPSA) is 60.7 Å². The molecular formula is C16H14N2O3S2. The summed E-state index contributed by atoms with van der Waals surface area (Å²) in [6, 6.07) is 9.41. The Morgan fingerprint density at radius 2 is 2.09 bits per heavy atom. The molecule has 1 aromatic carbocycles. The van der Waals surface area contributed by atoms with Crippen LogP contribution in [0.25, 0.3) is 10.2 Å². The molecule has 0 saturated carbocycles. The lowest BCUT2D eigenvalue weighted by Gasteiger charge is -2.05. The first-order chi connectivity index (χ1) is 11.1. The summed E-state index contributed by atoms with van der Waals surface area (Å²) in [5, 5.41) is 1.83. The first kappa shape index (κ1) is 15.6. The number of para-hydroxylation sites is 1. The van der Waals surface area contributed by atoms with Gasteiger partial charge in [0.2, 0.25) is 0 Å². The van der Waals surface area contributed by atoms with Crippen LogP contribution in [-0.2, 0) is 16.1 Å². The number of hydrogen-bond acceptors (Lipinski definition) is 5. The Labute approximate surface area is 140 Å². The molecule has 23 heavy (non-hydrogen) atoms. The third-order valence-corrected chi connectivity index (χ3v) is 5.25. The molecule has 1 amide bonds. The molecular weight excluding hydrogens is 332 g/mol. The lowest BCUT2D eigenvalue weighted by Crippen LogP contribution is -2.22. The van der Waals surface area contributed by atoms with E-state index in [1.54, 1.807) is 10.6 Å². The molecule has 2 heterocycles. The minimum atomic E-state index is -0.377. The van der Waals surface area contributed by atoms with E-state index >= 15 is 0 Å². The van der Waals surface area contributed by atoms with Crippen molar-refractivity contribution in [2.45, 2.75) is 13.5 Å². The minimum Gasteiger partial charge on any atom is -0.468 e. The Hall–Kier alpha value is -2.25. The van der Waals surface area contributed by atoms with E-state index in [0.717, 1.165) is 15.8 Å². The molecule has 0 N–H and O–H groups in total. The summed E-state index contributed by atoms with van der Waals surface area (Å²) in [6.45, 7) is 1.99. The Kier molecular flexibility index (Phi) is 4.40. The highest BCUT2D eigenvalue weighted by Gasteiger charge is 2.14. The van der Waals surface area contributed by atoms with Gasteiger partial charge in [0, 0.05) is 0 Å². The molecule has 3 aromatic rings. The molecule has 118 valence electrons. The van der Waals surface area contributed by atoms with Crippen molar-refractivity contribution in [1.29, 1.82) is 0 Å². The quantitative estimate of drug-likeness (QED) is 0.685. The second-order valence-corrected chi connectivity index (χ2v) is 6.82. The van der Waals surface area contributed by atoms with Crippen LogP contribution in [0.4, 0.5) is 0 Å². The molecule has 0 fully saturated rings. The fourth-order valence-electron chi connectivity index (χ4n) is 2.28. The Morgan fingerprint density at radius 3 is 2.78 bits per heavy atom. The third-order valence-electron chi connectivity index (χ3n) is 3.35. The highest BCUT2D eigenvalue weighted by molar-refractivity contribution is 7.16. The zero-order valence-electron chi connectivity index (χ0n) is 12.6. The molecule has 0 radical (unpaired) electrons. The summed E-state index contributed by atoms with van der Waals surface area (Å²) in [5.41, 5.74) is 1.92. The number of hydrogen-bond donors (Lipinski definition) is 0. The Bertz CT molecular complexity index is 936. The lowest BCUT2D eigenvalue weighted by molar-refractivity contribution is -0.141. The highest BCUT2D eigenvalue weighted by Crippen LogP contribution is 2.21. The molecule has 7 heteroatoms. The van der Waals surface area contributed by atoms with Gasteiger partial charge in [0.25, 0.3) is 5.91 Å². The average Bonchev–Trinajstić information content (AvgIpc) is 3.16. The summed E-state index contributed by atoms with van der Waals surface area (Å²) in [7, 11) is 1.35. The maximum Gasteiger partial charge on any atom is 0.325 e. The number of fused-ring (bicyclic) bond motifs is 1. The van der Waals surface area contributed by atoms with Gasteiger partial charge in [-0.3, -0.25) is 9.59 Å². The Balaban J connectivity index is 2.19. The molecule has 0 bridgehead atoms. The number of thiazole rings is 1. The van der Waals surface area contributed by atoms with Gasteiger partial charge in [0.1, 0.15) is 6.54 Å². The van der Waals surface area contributed by atoms with Crippen molar-refractivity contribution in [2.24, 2.45) is 4.99 Å². The average molecular weight is 346 g/mol. The van der Waals surface area contributed by atoms with Crippen LogP contribution in [0.3, 0.4) is 0 Å². The van der Waals surface area contributed by atoms with E-state index in [1.807, 2.05) is 36.6 Å². The normalized spacial score (nSPS) is 11.8. The van der Waals surface area contributed by atoms with Crippen LogP contribution < -0.4 is 4.80 Å². The number of benzene rings is 1. The van der Waals surface area contributed by atoms with E-state index in [-0.39, 0.29) is 18.4 Å². The number of carbonyl (C=O) groups is 2. The molecule has 3 rings (SSSR count). The van der Waals surface area contributed by atoms with Crippen LogP contribution in [0.15, 0.2) is 40.7 Å². The van der Waals surface area contributed by atoms with Gasteiger partial charge in [-0.2, -0.15) is 4.99 Å². The first-order valence-corrected chi connectivity index (χ1v) is 8.58. The second kappa shape index (κ2) is 6.47. The summed E-state index contributed by atoms with van der Waals surface area (Å²) in [4.78, 5) is 29.3. The van der Waals surface area contributed by atoms with Crippen LogP contribution in [0.5, 0.6) is 0 Å². The van der Waals surface area contributed by atoms with Crippen molar-refractivity contribution < 1.29 is 14.3 Å². The smallest absolute Gasteiger partial charge is 0.325 e. The van der Waals surface area contributed by atoms with E-state index < -0.39 is 0 Å². The van der Waals surface area contributed by atoms with Gasteiger partial charge in [0.05, 0.1) is 22.2 Å². The number of aryl methyl sites for hydroxylation is 1. The molecule has 0 spiro atoms. The third kappa shape index (κ3) is 3.11. The van der Waals surface area contributed by atoms with Gasteiger partial charge in [-0.15, -0.1) is 11.3 Å². The number of esters is 1. The summed E-state index contributed by atoms with van der Waals surface area (Å²) in [5.74, 6) is -0.680. The van der Waals surface area contributed by atoms with Crippen molar-refractivity contribution in [3.05, 3.63) is 51.0 Å². The lowest BCUT2D eigenvalue weighted by atomic mass is 10.2. The predicted molar refractivity (Wildman–Crippen MR) is 90.8 cm³/mol. The summed E-state index contributed by atoms with van der Waals surface area (Å²) >= 11 is 2.73. The van der Waals surface area contributed by atoms with E-state index in [1.165, 1.54) is 29.8 Å². The number of thiophene rings is 1. The molecule has 0 unspecified atom stereocenters. The largest absolute Gasteiger partial charge is 0.468 e. The molecule has 0 aliphatic rings. The number of nitrogens with zero attached hydrogens (tertiary/aromatic N) is 2. The number of amides is 1. The fourth-order valence-corrected chi connectivity index (χ4v) is 3.99. The molecule has 0 atom stereocenters. The van der Waals surface area contributed by atoms with Crippen molar-refractivity contribution in [3.8, 4) is 0 Å². The van der Waals surface area contributed by atoms with E-state index in [4.69, 9.17) is 4.74 Å². The maximum absolute atomic E-state index is 12.3. The second-order valence-electron chi connectivity index (χ2n) is 4.86. The van der Waals surface area contributed by atoms with Gasteiger partial charge in [0.15, 0.2) is 4.80 Å². The number of methoxy groups -OCH3 is 1. The van der Waals surface area contributed by atoms with Crippen LogP contribution >= 0.6 is 22.7 Å². The molecule has 2 aromatic heterocycles. The number of aromatic nitrogens is 1. The molecule has 5 nitrogen and oxygen atoms in total. The monoisotopic (exact) mass is 346 g/mol. The first-order valence-electron chi connectivity index (χ1n) is 6.88. The molecule has 0 aliphatic heterocycles. The van der Waals surface area contributed by atoms with Gasteiger partial charge in [-0.1, -0.05) is 29.5 Å². The standard InChI is InChI=1S/C16H14N2O3S2/c1-10-5-3-6-11-14(10)18(9-13(19)21-2)16(23-11)17-15(20)12-7-4-8-22-12/h3-8H,9H2,1-2H3. The van der Waals surface area contributed by atoms with Gasteiger partial charge in [-0.05, 0) is 30.0 Å². The van der Waals surface area contributed by atoms with Crippen molar-refractivity contribution in [1.82, 2.24) is 4.57 Å². The fraction of sp³-hybridized carbons (Fsp3) is 0.188. The zero-order chi connectivity index (χ0) is 16.4. The summed E-state index contributed by atoms with van der Waals surface area (Å²) in [6.07, 6.45) is 0. The summed E-state index contributed by atoms with van der Waals surface area (Å²) < 4.78 is 7.49. The number of ether oxygens (including phenoxy) is 1.